The molecule has 1 aliphatic rings. The lowest BCUT2D eigenvalue weighted by Gasteiger charge is -2.00. The highest BCUT2D eigenvalue weighted by Crippen LogP contribution is 2.17. The highest BCUT2D eigenvalue weighted by molar-refractivity contribution is 5.97. The number of rotatable bonds is 2. The molecule has 1 heterocycles. The minimum atomic E-state index is -3.71. The second kappa shape index (κ2) is 4.14. The molecular weight excluding hydrogens is 212 g/mol. The average molecular weight is 226 g/mol. The van der Waals surface area contributed by atoms with E-state index in [0.717, 1.165) is 0 Å². The predicted molar refractivity (Wildman–Crippen MR) is 46.4 cm³/mol. The first-order chi connectivity index (χ1) is 6.40. The maximum Gasteiger partial charge on any atom is 0.671 e. The molecule has 0 saturated heterocycles. The first-order valence-corrected chi connectivity index (χ1v) is 5.33. The Bertz CT molecular complexity index is 282. The number of aliphatic imine (C=N–C) groups is 1. The minimum absolute atomic E-state index is 0.173. The molecule has 0 aromatic heterocycles. The van der Waals surface area contributed by atoms with Crippen LogP contribution in [0.2, 0.25) is 0 Å². The van der Waals surface area contributed by atoms with Crippen LogP contribution in [0.4, 0.5) is 0 Å². The Labute approximate surface area is 83.6 Å². The molecule has 1 rings (SSSR count). The van der Waals surface area contributed by atoms with Crippen molar-refractivity contribution in [1.29, 1.82) is 0 Å². The summed E-state index contributed by atoms with van der Waals surface area (Å²) in [4.78, 5) is 4.09. The lowest BCUT2D eigenvalue weighted by atomic mass is 10.3. The van der Waals surface area contributed by atoms with E-state index in [4.69, 9.17) is 14.0 Å². The first kappa shape index (κ1) is 11.3. The summed E-state index contributed by atoms with van der Waals surface area (Å²) in [5.41, 5.74) is 1.14. The molecule has 0 amide bonds. The third-order valence-corrected chi connectivity index (χ3v) is 2.06. The molecule has 0 atom stereocenters. The van der Waals surface area contributed by atoms with Gasteiger partial charge in [-0.1, -0.05) is 0 Å². The molecule has 0 radical (unpaired) electrons. The lowest BCUT2D eigenvalue weighted by molar-refractivity contribution is -1.62. The molecule has 1 aliphatic heterocycles. The van der Waals surface area contributed by atoms with Crippen molar-refractivity contribution >= 4 is 5.71 Å². The van der Waals surface area contributed by atoms with Crippen LogP contribution in [0.5, 0.6) is 0 Å². The van der Waals surface area contributed by atoms with Gasteiger partial charge in [-0.3, -0.25) is 4.99 Å². The molecule has 0 spiro atoms. The van der Waals surface area contributed by atoms with Crippen molar-refractivity contribution in [2.75, 3.05) is 13.1 Å². The summed E-state index contributed by atoms with van der Waals surface area (Å²) in [6.07, 6.45) is 0. The molecule has 4 N–H and O–H groups in total. The topological polar surface area (TPSA) is 94.3 Å². The van der Waals surface area contributed by atoms with Crippen LogP contribution in [0, 0.1) is 10.2 Å². The van der Waals surface area contributed by atoms with Gasteiger partial charge < -0.3 is 5.32 Å². The summed E-state index contributed by atoms with van der Waals surface area (Å²) in [5, 5.41) is 2.96. The van der Waals surface area contributed by atoms with E-state index in [1.807, 2.05) is 0 Å². The van der Waals surface area contributed by atoms with Crippen LogP contribution in [-0.4, -0.2) is 32.8 Å². The third kappa shape index (κ3) is 3.15. The zero-order valence-electron chi connectivity index (χ0n) is 7.99. The normalized spacial score (nSPS) is 18.5. The van der Waals surface area contributed by atoms with Crippen molar-refractivity contribution in [3.63, 3.8) is 0 Å². The monoisotopic (exact) mass is 225 g/mol. The first-order valence-electron chi connectivity index (χ1n) is 4.01. The molecule has 0 aliphatic carbocycles. The van der Waals surface area contributed by atoms with Crippen molar-refractivity contribution in [3.05, 3.63) is 11.5 Å². The van der Waals surface area contributed by atoms with E-state index in [1.165, 1.54) is 0 Å². The Morgan fingerprint density at radius 3 is 2.57 bits per heavy atom. The lowest BCUT2D eigenvalue weighted by Crippen LogP contribution is -2.26. The summed E-state index contributed by atoms with van der Waals surface area (Å²) in [5.74, 6) is 0.173. The van der Waals surface area contributed by atoms with Crippen LogP contribution < -0.4 is 5.32 Å². The van der Waals surface area contributed by atoms with E-state index in [-0.39, 0.29) is 5.76 Å². The molecule has 0 aromatic carbocycles. The molecule has 7 heteroatoms. The van der Waals surface area contributed by atoms with E-state index in [0.29, 0.717) is 24.5 Å². The van der Waals surface area contributed by atoms with Gasteiger partial charge in [0.15, 0.2) is 14.0 Å². The fourth-order valence-corrected chi connectivity index (χ4v) is 1.54. The highest BCUT2D eigenvalue weighted by Gasteiger charge is 2.53. The Morgan fingerprint density at radius 2 is 2.00 bits per heavy atom. The number of hydrogen-bond acceptors (Lipinski definition) is 6. The standard InChI is InChI=1S/C7H14ClN2O4/c1-5-7(14-8(11,12)13)6(2)10-4-3-9-5/h9,11-13H,3-4H2,1-2H3/q+3. The van der Waals surface area contributed by atoms with Gasteiger partial charge in [-0.2, -0.15) is 0 Å². The number of nitrogens with zero attached hydrogens (tertiary/aromatic N) is 1. The Hall–Kier alpha value is -0.820. The fraction of sp³-hybridized carbons (Fsp3) is 0.571. The molecule has 0 saturated carbocycles. The van der Waals surface area contributed by atoms with E-state index in [9.17, 15) is 0 Å². The van der Waals surface area contributed by atoms with E-state index >= 15 is 0 Å². The van der Waals surface area contributed by atoms with Crippen molar-refractivity contribution in [3.8, 4) is 0 Å². The van der Waals surface area contributed by atoms with Gasteiger partial charge in [-0.25, -0.2) is 0 Å². The van der Waals surface area contributed by atoms with Crippen LogP contribution in [0.25, 0.3) is 0 Å². The molecule has 0 aromatic rings. The van der Waals surface area contributed by atoms with Crippen LogP contribution in [0.1, 0.15) is 13.8 Å². The molecular formula is C7H14ClN2O4+3. The van der Waals surface area contributed by atoms with Gasteiger partial charge in [0.25, 0.3) is 0 Å². The van der Waals surface area contributed by atoms with Crippen LogP contribution >= 0.6 is 0 Å². The zero-order valence-corrected chi connectivity index (χ0v) is 8.75. The summed E-state index contributed by atoms with van der Waals surface area (Å²) in [6, 6.07) is 0. The number of allylic oxidation sites excluding steroid dienone is 2. The molecule has 0 bridgehead atoms. The summed E-state index contributed by atoms with van der Waals surface area (Å²) in [6.45, 7) is 4.61. The molecule has 14 heavy (non-hydrogen) atoms. The Balaban J connectivity index is 2.90. The van der Waals surface area contributed by atoms with Gasteiger partial charge in [0, 0.05) is 10.8 Å². The zero-order chi connectivity index (χ0) is 10.8. The average Bonchev–Trinajstić information content (AvgIpc) is 2.17. The van der Waals surface area contributed by atoms with Gasteiger partial charge >= 0.3 is 16.0 Å². The maximum atomic E-state index is 8.72. The van der Waals surface area contributed by atoms with Gasteiger partial charge in [0.1, 0.15) is 0 Å². The number of nitrogens with one attached hydrogen (secondary N) is 1. The van der Waals surface area contributed by atoms with Crippen molar-refractivity contribution < 1.29 is 28.5 Å². The third-order valence-electron chi connectivity index (χ3n) is 1.70. The van der Waals surface area contributed by atoms with Crippen molar-refractivity contribution in [2.45, 2.75) is 13.8 Å². The smallest absolute Gasteiger partial charge is 0.383 e. The second-order valence-electron chi connectivity index (χ2n) is 2.86. The molecule has 0 unspecified atom stereocenters. The summed E-state index contributed by atoms with van der Waals surface area (Å²) < 4.78 is 30.8. The van der Waals surface area contributed by atoms with Crippen molar-refractivity contribution in [1.82, 2.24) is 5.32 Å². The summed E-state index contributed by atoms with van der Waals surface area (Å²) >= 11 is 0. The van der Waals surface area contributed by atoms with Crippen LogP contribution in [-0.2, 0) is 4.29 Å². The van der Waals surface area contributed by atoms with Crippen LogP contribution in [0.15, 0.2) is 16.4 Å². The Morgan fingerprint density at radius 1 is 1.36 bits per heavy atom. The van der Waals surface area contributed by atoms with E-state index in [1.54, 1.807) is 13.8 Å². The van der Waals surface area contributed by atoms with Gasteiger partial charge in [-0.05, 0) is 13.8 Å². The largest absolute Gasteiger partial charge is 0.671 e. The number of hydrogen-bond donors (Lipinski definition) is 4. The second-order valence-corrected chi connectivity index (χ2v) is 3.88. The number of halogens is 1. The van der Waals surface area contributed by atoms with Crippen molar-refractivity contribution in [2.24, 2.45) is 4.99 Å². The SMILES string of the molecule is CC1=NCCNC(C)=C1O[Cl+3](O)(O)O. The quantitative estimate of drug-likeness (QED) is 0.488. The molecule has 6 nitrogen and oxygen atoms in total. The Kier molecular flexibility index (Phi) is 3.33. The highest BCUT2D eigenvalue weighted by atomic mass is 35.7. The molecule has 80 valence electrons. The van der Waals surface area contributed by atoms with E-state index < -0.39 is 10.2 Å². The summed E-state index contributed by atoms with van der Waals surface area (Å²) in [7, 11) is -3.71. The predicted octanol–water partition coefficient (Wildman–Crippen LogP) is -0.908. The maximum absolute atomic E-state index is 8.72. The molecule has 0 fully saturated rings. The van der Waals surface area contributed by atoms with Gasteiger partial charge in [0.05, 0.1) is 18.0 Å². The van der Waals surface area contributed by atoms with Gasteiger partial charge in [0.2, 0.25) is 0 Å². The van der Waals surface area contributed by atoms with Gasteiger partial charge in [-0.15, -0.1) is 0 Å². The van der Waals surface area contributed by atoms with Crippen LogP contribution in [0.3, 0.4) is 0 Å². The fourth-order valence-electron chi connectivity index (χ4n) is 1.11. The van der Waals surface area contributed by atoms with E-state index in [2.05, 4.69) is 14.6 Å². The minimum Gasteiger partial charge on any atom is -0.383 e.